The fraction of sp³-hybridized carbons (Fsp3) is 0.529. The van der Waals surface area contributed by atoms with Crippen LogP contribution < -0.4 is 0 Å². The van der Waals surface area contributed by atoms with Crippen molar-refractivity contribution in [3.05, 3.63) is 40.5 Å². The van der Waals surface area contributed by atoms with Gasteiger partial charge in [-0.1, -0.05) is 17.2 Å². The quantitative estimate of drug-likeness (QED) is 0.699. The second-order valence-corrected chi connectivity index (χ2v) is 6.35. The van der Waals surface area contributed by atoms with E-state index < -0.39 is 0 Å². The molecule has 3 atom stereocenters. The Morgan fingerprint density at radius 3 is 2.84 bits per heavy atom. The van der Waals surface area contributed by atoms with E-state index in [-0.39, 0.29) is 6.10 Å². The number of aryl methyl sites for hydroxylation is 1. The average molecular weight is 256 g/mol. The summed E-state index contributed by atoms with van der Waals surface area (Å²) in [5.41, 5.74) is 5.94. The smallest absolute Gasteiger partial charge is 0.115 e. The van der Waals surface area contributed by atoms with Crippen LogP contribution in [0.3, 0.4) is 0 Å². The first-order chi connectivity index (χ1) is 9.22. The molecule has 1 aromatic rings. The summed E-state index contributed by atoms with van der Waals surface area (Å²) >= 11 is 0. The summed E-state index contributed by atoms with van der Waals surface area (Å²) in [7, 11) is 0. The summed E-state index contributed by atoms with van der Waals surface area (Å²) < 4.78 is 0. The third-order valence-corrected chi connectivity index (χ3v) is 5.31. The second-order valence-electron chi connectivity index (χ2n) is 6.35. The van der Waals surface area contributed by atoms with Crippen molar-refractivity contribution in [2.45, 2.75) is 50.5 Å². The van der Waals surface area contributed by atoms with Crippen molar-refractivity contribution in [3.8, 4) is 5.75 Å². The molecule has 1 saturated carbocycles. The number of phenolic OH excluding ortho intramolecular Hbond substituents is 1. The number of fused-ring (bicyclic) bond motifs is 4. The second kappa shape index (κ2) is 4.11. The summed E-state index contributed by atoms with van der Waals surface area (Å²) in [6.07, 6.45) is 6.39. The lowest BCUT2D eigenvalue weighted by Crippen LogP contribution is -2.20. The van der Waals surface area contributed by atoms with E-state index >= 15 is 0 Å². The van der Waals surface area contributed by atoms with Gasteiger partial charge in [-0.05, 0) is 67.7 Å². The van der Waals surface area contributed by atoms with E-state index in [2.05, 4.69) is 6.07 Å². The van der Waals surface area contributed by atoms with Crippen molar-refractivity contribution in [2.75, 3.05) is 0 Å². The van der Waals surface area contributed by atoms with Gasteiger partial charge in [0.25, 0.3) is 0 Å². The predicted octanol–water partition coefficient (Wildman–Crippen LogP) is 3.28. The Morgan fingerprint density at radius 2 is 1.95 bits per heavy atom. The van der Waals surface area contributed by atoms with Gasteiger partial charge in [-0.15, -0.1) is 0 Å². The Hall–Kier alpha value is -1.28. The van der Waals surface area contributed by atoms with Gasteiger partial charge in [0.1, 0.15) is 5.75 Å². The Bertz CT molecular complexity index is 558. The number of phenols is 1. The highest BCUT2D eigenvalue weighted by Gasteiger charge is 2.38. The Balaban J connectivity index is 1.79. The minimum atomic E-state index is -0.104. The molecule has 2 nitrogen and oxygen atoms in total. The minimum Gasteiger partial charge on any atom is -0.508 e. The number of hydrogen-bond donors (Lipinski definition) is 2. The van der Waals surface area contributed by atoms with Crippen molar-refractivity contribution in [1.29, 1.82) is 0 Å². The molecule has 0 radical (unpaired) electrons. The third-order valence-electron chi connectivity index (χ3n) is 5.31. The van der Waals surface area contributed by atoms with E-state index in [1.165, 1.54) is 24.0 Å². The summed E-state index contributed by atoms with van der Waals surface area (Å²) in [4.78, 5) is 0. The molecule has 2 heteroatoms. The van der Waals surface area contributed by atoms with Gasteiger partial charge >= 0.3 is 0 Å². The molecule has 1 aromatic carbocycles. The van der Waals surface area contributed by atoms with Crippen LogP contribution in [-0.4, -0.2) is 16.3 Å². The Morgan fingerprint density at radius 1 is 1.05 bits per heavy atom. The van der Waals surface area contributed by atoms with Crippen LogP contribution in [0.4, 0.5) is 0 Å². The Labute approximate surface area is 113 Å². The molecular weight excluding hydrogens is 236 g/mol. The van der Waals surface area contributed by atoms with Crippen molar-refractivity contribution >= 4 is 0 Å². The number of benzene rings is 1. The van der Waals surface area contributed by atoms with E-state index in [4.69, 9.17) is 0 Å². The van der Waals surface area contributed by atoms with Gasteiger partial charge in [0, 0.05) is 5.92 Å². The van der Waals surface area contributed by atoms with Crippen molar-refractivity contribution < 1.29 is 10.2 Å². The monoisotopic (exact) mass is 256 g/mol. The first-order valence-corrected chi connectivity index (χ1v) is 7.44. The fourth-order valence-corrected chi connectivity index (χ4v) is 4.52. The molecule has 2 N–H and O–H groups in total. The molecule has 1 fully saturated rings. The van der Waals surface area contributed by atoms with Crippen molar-refractivity contribution in [3.63, 3.8) is 0 Å². The van der Waals surface area contributed by atoms with Crippen LogP contribution >= 0.6 is 0 Å². The summed E-state index contributed by atoms with van der Waals surface area (Å²) in [5, 5.41) is 19.5. The molecule has 0 aromatic heterocycles. The van der Waals surface area contributed by atoms with E-state index in [1.54, 1.807) is 11.1 Å². The van der Waals surface area contributed by atoms with E-state index in [1.807, 2.05) is 12.1 Å². The molecular formula is C17H20O2. The van der Waals surface area contributed by atoms with Gasteiger partial charge < -0.3 is 10.2 Å². The lowest BCUT2D eigenvalue weighted by atomic mass is 9.69. The number of rotatable bonds is 0. The first kappa shape index (κ1) is 11.5. The van der Waals surface area contributed by atoms with Gasteiger partial charge in [0.2, 0.25) is 0 Å². The third kappa shape index (κ3) is 1.73. The lowest BCUT2D eigenvalue weighted by molar-refractivity contribution is 0.177. The maximum absolute atomic E-state index is 9.91. The maximum atomic E-state index is 9.91. The molecule has 0 heterocycles. The van der Waals surface area contributed by atoms with E-state index in [9.17, 15) is 10.2 Å². The zero-order valence-electron chi connectivity index (χ0n) is 11.1. The zero-order chi connectivity index (χ0) is 13.0. The highest BCUT2D eigenvalue weighted by molar-refractivity contribution is 5.47. The fourth-order valence-electron chi connectivity index (χ4n) is 4.52. The molecule has 0 amide bonds. The van der Waals surface area contributed by atoms with Crippen LogP contribution in [-0.2, 0) is 6.42 Å². The van der Waals surface area contributed by atoms with Gasteiger partial charge in [0.05, 0.1) is 6.10 Å². The summed E-state index contributed by atoms with van der Waals surface area (Å²) in [6, 6.07) is 5.87. The molecule has 0 spiro atoms. The highest BCUT2D eigenvalue weighted by Crippen LogP contribution is 2.51. The molecule has 3 aliphatic rings. The molecule has 100 valence electrons. The molecule has 3 unspecified atom stereocenters. The number of aliphatic hydroxyl groups is 1. The van der Waals surface area contributed by atoms with Gasteiger partial charge in [0.15, 0.2) is 0 Å². The zero-order valence-corrected chi connectivity index (χ0v) is 11.1. The number of allylic oxidation sites excluding steroid dienone is 1. The maximum Gasteiger partial charge on any atom is 0.115 e. The van der Waals surface area contributed by atoms with Crippen LogP contribution in [0.2, 0.25) is 0 Å². The van der Waals surface area contributed by atoms with E-state index in [0.717, 1.165) is 25.7 Å². The molecule has 0 saturated heterocycles. The molecule has 0 aliphatic heterocycles. The van der Waals surface area contributed by atoms with E-state index in [0.29, 0.717) is 17.6 Å². The SMILES string of the molecule is Oc1ccc2c(c1)CCC1=C3CC(O)CC3CCC12. The van der Waals surface area contributed by atoms with Gasteiger partial charge in [-0.25, -0.2) is 0 Å². The van der Waals surface area contributed by atoms with Crippen molar-refractivity contribution in [2.24, 2.45) is 5.92 Å². The topological polar surface area (TPSA) is 40.5 Å². The molecule has 3 aliphatic carbocycles. The van der Waals surface area contributed by atoms with Crippen molar-refractivity contribution in [1.82, 2.24) is 0 Å². The minimum absolute atomic E-state index is 0.104. The molecule has 4 rings (SSSR count). The number of hydrogen-bond acceptors (Lipinski definition) is 2. The highest BCUT2D eigenvalue weighted by atomic mass is 16.3. The number of aromatic hydroxyl groups is 1. The van der Waals surface area contributed by atoms with Crippen LogP contribution in [0.5, 0.6) is 5.75 Å². The van der Waals surface area contributed by atoms with Gasteiger partial charge in [-0.2, -0.15) is 0 Å². The normalized spacial score (nSPS) is 32.8. The standard InChI is InChI=1S/C17H20O2/c18-12-3-6-14-10(7-12)1-5-16-15(14)4-2-11-8-13(19)9-17(11)16/h3,6-7,11,13,15,18-19H,1-2,4-5,8-9H2. The van der Waals surface area contributed by atoms with Crippen LogP contribution in [0, 0.1) is 5.92 Å². The van der Waals surface area contributed by atoms with Crippen LogP contribution in [0.1, 0.15) is 49.1 Å². The van der Waals surface area contributed by atoms with Crippen LogP contribution in [0.15, 0.2) is 29.3 Å². The summed E-state index contributed by atoms with van der Waals surface area (Å²) in [5.74, 6) is 1.60. The summed E-state index contributed by atoms with van der Waals surface area (Å²) in [6.45, 7) is 0. The number of aliphatic hydroxyl groups excluding tert-OH is 1. The van der Waals surface area contributed by atoms with Crippen LogP contribution in [0.25, 0.3) is 0 Å². The molecule has 19 heavy (non-hydrogen) atoms. The molecule has 0 bridgehead atoms. The predicted molar refractivity (Wildman–Crippen MR) is 74.2 cm³/mol. The first-order valence-electron chi connectivity index (χ1n) is 7.44. The Kier molecular flexibility index (Phi) is 2.49. The largest absolute Gasteiger partial charge is 0.508 e. The van der Waals surface area contributed by atoms with Gasteiger partial charge in [-0.3, -0.25) is 0 Å². The lowest BCUT2D eigenvalue weighted by Gasteiger charge is -2.36. The average Bonchev–Trinajstić information content (AvgIpc) is 2.78.